The van der Waals surface area contributed by atoms with Gasteiger partial charge in [-0.2, -0.15) is 13.2 Å². The molecule has 0 heterocycles. The van der Waals surface area contributed by atoms with Crippen LogP contribution in [0.25, 0.3) is 0 Å². The summed E-state index contributed by atoms with van der Waals surface area (Å²) >= 11 is 5.91. The minimum Gasteiger partial charge on any atom is -0.380 e. The molecule has 1 nitrogen and oxygen atoms in total. The number of alkyl halides is 3. The minimum absolute atomic E-state index is 0.0683. The number of benzene rings is 2. The van der Waals surface area contributed by atoms with Crippen molar-refractivity contribution in [1.82, 2.24) is 0 Å². The summed E-state index contributed by atoms with van der Waals surface area (Å²) in [5, 5.41) is 3.15. The van der Waals surface area contributed by atoms with Gasteiger partial charge in [-0.3, -0.25) is 0 Å². The maximum atomic E-state index is 12.6. The summed E-state index contributed by atoms with van der Waals surface area (Å²) in [6.07, 6.45) is -3.48. The van der Waals surface area contributed by atoms with Gasteiger partial charge >= 0.3 is 6.18 Å². The Balaban J connectivity index is 2.14. The lowest BCUT2D eigenvalue weighted by Crippen LogP contribution is -2.06. The van der Waals surface area contributed by atoms with Crippen LogP contribution in [0, 0.1) is 0 Å². The lowest BCUT2D eigenvalue weighted by Gasteiger charge is -2.13. The number of rotatable bonds is 4. The zero-order chi connectivity index (χ0) is 15.5. The zero-order valence-corrected chi connectivity index (χ0v) is 12.2. The molecule has 2 aromatic rings. The third-order valence-electron chi connectivity index (χ3n) is 3.26. The predicted molar refractivity (Wildman–Crippen MR) is 79.6 cm³/mol. The van der Waals surface area contributed by atoms with Gasteiger partial charge in [0.1, 0.15) is 0 Å². The first kappa shape index (κ1) is 15.7. The summed E-state index contributed by atoms with van der Waals surface area (Å²) in [5.41, 5.74) is 2.06. The molecule has 0 aliphatic carbocycles. The molecular weight excluding hydrogens is 299 g/mol. The molecule has 0 bridgehead atoms. The van der Waals surface area contributed by atoms with Gasteiger partial charge in [0.25, 0.3) is 0 Å². The van der Waals surface area contributed by atoms with E-state index in [1.54, 1.807) is 0 Å². The van der Waals surface area contributed by atoms with Crippen LogP contribution in [0.2, 0.25) is 5.02 Å². The largest absolute Gasteiger partial charge is 0.416 e. The summed E-state index contributed by atoms with van der Waals surface area (Å²) in [6, 6.07) is 11.3. The predicted octanol–water partition coefficient (Wildman–Crippen LogP) is 5.53. The van der Waals surface area contributed by atoms with Crippen molar-refractivity contribution in [2.75, 3.05) is 5.32 Å². The van der Waals surface area contributed by atoms with E-state index in [-0.39, 0.29) is 5.02 Å². The molecule has 0 aliphatic rings. The van der Waals surface area contributed by atoms with E-state index in [4.69, 9.17) is 11.6 Å². The van der Waals surface area contributed by atoms with Crippen molar-refractivity contribution in [2.24, 2.45) is 0 Å². The third-order valence-corrected chi connectivity index (χ3v) is 3.58. The Morgan fingerprint density at radius 1 is 1.05 bits per heavy atom. The van der Waals surface area contributed by atoms with Crippen LogP contribution in [0.3, 0.4) is 0 Å². The normalized spacial score (nSPS) is 11.5. The van der Waals surface area contributed by atoms with Crippen LogP contribution in [0.4, 0.5) is 18.9 Å². The molecule has 0 saturated carbocycles. The standard InChI is InChI=1S/C16H15ClF3N/c1-2-11-5-3-4-6-12(11)10-21-15-8-7-13(9-14(15)17)16(18,19)20/h3-9,21H,2,10H2,1H3. The second kappa shape index (κ2) is 6.39. The Kier molecular flexibility index (Phi) is 4.78. The average Bonchev–Trinajstić information content (AvgIpc) is 2.45. The summed E-state index contributed by atoms with van der Waals surface area (Å²) < 4.78 is 37.7. The zero-order valence-electron chi connectivity index (χ0n) is 11.5. The number of aryl methyl sites for hydroxylation is 1. The highest BCUT2D eigenvalue weighted by Crippen LogP contribution is 2.33. The molecule has 0 aliphatic heterocycles. The average molecular weight is 314 g/mol. The van der Waals surface area contributed by atoms with Gasteiger partial charge in [0.15, 0.2) is 0 Å². The van der Waals surface area contributed by atoms with E-state index < -0.39 is 11.7 Å². The van der Waals surface area contributed by atoms with E-state index in [2.05, 4.69) is 12.2 Å². The fraction of sp³-hybridized carbons (Fsp3) is 0.250. The molecule has 0 amide bonds. The Labute approximate surface area is 126 Å². The van der Waals surface area contributed by atoms with Crippen LogP contribution in [-0.2, 0) is 19.1 Å². The first-order chi connectivity index (χ1) is 9.91. The second-order valence-electron chi connectivity index (χ2n) is 4.67. The molecule has 0 atom stereocenters. The monoisotopic (exact) mass is 313 g/mol. The number of halogens is 4. The fourth-order valence-corrected chi connectivity index (χ4v) is 2.35. The first-order valence-electron chi connectivity index (χ1n) is 6.59. The summed E-state index contributed by atoms with van der Waals surface area (Å²) in [6.45, 7) is 2.58. The molecule has 0 aromatic heterocycles. The Morgan fingerprint density at radius 2 is 1.71 bits per heavy atom. The molecule has 2 aromatic carbocycles. The highest BCUT2D eigenvalue weighted by atomic mass is 35.5. The topological polar surface area (TPSA) is 12.0 Å². The van der Waals surface area contributed by atoms with Crippen LogP contribution >= 0.6 is 11.6 Å². The maximum Gasteiger partial charge on any atom is 0.416 e. The molecule has 0 fully saturated rings. The van der Waals surface area contributed by atoms with E-state index in [0.29, 0.717) is 12.2 Å². The van der Waals surface area contributed by atoms with E-state index in [1.165, 1.54) is 11.6 Å². The molecule has 0 spiro atoms. The van der Waals surface area contributed by atoms with Crippen molar-refractivity contribution in [3.63, 3.8) is 0 Å². The highest BCUT2D eigenvalue weighted by Gasteiger charge is 2.30. The van der Waals surface area contributed by atoms with Crippen molar-refractivity contribution >= 4 is 17.3 Å². The second-order valence-corrected chi connectivity index (χ2v) is 5.08. The molecule has 0 saturated heterocycles. The van der Waals surface area contributed by atoms with Crippen molar-refractivity contribution in [3.05, 3.63) is 64.2 Å². The third kappa shape index (κ3) is 3.91. The van der Waals surface area contributed by atoms with Gasteiger partial charge in [-0.25, -0.2) is 0 Å². The molecular formula is C16H15ClF3N. The van der Waals surface area contributed by atoms with Gasteiger partial charge in [0.2, 0.25) is 0 Å². The molecule has 112 valence electrons. The molecule has 0 radical (unpaired) electrons. The number of nitrogens with one attached hydrogen (secondary N) is 1. The van der Waals surface area contributed by atoms with Crippen molar-refractivity contribution < 1.29 is 13.2 Å². The van der Waals surface area contributed by atoms with Crippen LogP contribution in [0.1, 0.15) is 23.6 Å². The van der Waals surface area contributed by atoms with Gasteiger partial charge in [-0.05, 0) is 35.7 Å². The summed E-state index contributed by atoms with van der Waals surface area (Å²) in [4.78, 5) is 0. The number of hydrogen-bond acceptors (Lipinski definition) is 1. The van der Waals surface area contributed by atoms with Gasteiger partial charge in [0, 0.05) is 6.54 Å². The molecule has 0 unspecified atom stereocenters. The van der Waals surface area contributed by atoms with Crippen LogP contribution in [0.5, 0.6) is 0 Å². The quantitative estimate of drug-likeness (QED) is 0.782. The van der Waals surface area contributed by atoms with E-state index in [0.717, 1.165) is 24.1 Å². The van der Waals surface area contributed by atoms with Crippen molar-refractivity contribution in [2.45, 2.75) is 26.1 Å². The molecule has 21 heavy (non-hydrogen) atoms. The van der Waals surface area contributed by atoms with Crippen molar-refractivity contribution in [3.8, 4) is 0 Å². The first-order valence-corrected chi connectivity index (χ1v) is 6.97. The van der Waals surface area contributed by atoms with E-state index in [9.17, 15) is 13.2 Å². The number of hydrogen-bond donors (Lipinski definition) is 1. The summed E-state index contributed by atoms with van der Waals surface area (Å²) in [5.74, 6) is 0. The van der Waals surface area contributed by atoms with Crippen LogP contribution < -0.4 is 5.32 Å². The van der Waals surface area contributed by atoms with Gasteiger partial charge in [-0.1, -0.05) is 42.8 Å². The fourth-order valence-electron chi connectivity index (χ4n) is 2.10. The molecule has 2 rings (SSSR count). The van der Waals surface area contributed by atoms with Gasteiger partial charge < -0.3 is 5.32 Å². The molecule has 1 N–H and O–H groups in total. The van der Waals surface area contributed by atoms with Gasteiger partial charge in [0.05, 0.1) is 16.3 Å². The smallest absolute Gasteiger partial charge is 0.380 e. The summed E-state index contributed by atoms with van der Waals surface area (Å²) in [7, 11) is 0. The Hall–Kier alpha value is -1.68. The Bertz CT molecular complexity index is 623. The SMILES string of the molecule is CCc1ccccc1CNc1ccc(C(F)(F)F)cc1Cl. The lowest BCUT2D eigenvalue weighted by atomic mass is 10.1. The van der Waals surface area contributed by atoms with Gasteiger partial charge in [-0.15, -0.1) is 0 Å². The minimum atomic E-state index is -4.38. The van der Waals surface area contributed by atoms with E-state index in [1.807, 2.05) is 24.3 Å². The van der Waals surface area contributed by atoms with E-state index >= 15 is 0 Å². The van der Waals surface area contributed by atoms with Crippen LogP contribution in [0.15, 0.2) is 42.5 Å². The van der Waals surface area contributed by atoms with Crippen molar-refractivity contribution in [1.29, 1.82) is 0 Å². The Morgan fingerprint density at radius 3 is 2.29 bits per heavy atom. The maximum absolute atomic E-state index is 12.6. The highest BCUT2D eigenvalue weighted by molar-refractivity contribution is 6.33. The lowest BCUT2D eigenvalue weighted by molar-refractivity contribution is -0.137. The van der Waals surface area contributed by atoms with Crippen LogP contribution in [-0.4, -0.2) is 0 Å². The number of anilines is 1. The molecule has 5 heteroatoms.